The lowest BCUT2D eigenvalue weighted by atomic mass is 10.3. The van der Waals surface area contributed by atoms with Crippen LogP contribution in [0, 0.1) is 0 Å². The molecule has 2 rings (SSSR count). The Bertz CT molecular complexity index is 412. The zero-order valence-electron chi connectivity index (χ0n) is 6.11. The molecule has 0 radical (unpaired) electrons. The van der Waals surface area contributed by atoms with Gasteiger partial charge in [0.25, 0.3) is 0 Å². The number of aliphatic hydroxyl groups is 1. The van der Waals surface area contributed by atoms with E-state index in [0.29, 0.717) is 10.8 Å². The summed E-state index contributed by atoms with van der Waals surface area (Å²) < 4.78 is 1.64. The second-order valence-electron chi connectivity index (χ2n) is 2.40. The molecule has 0 aromatic carbocycles. The summed E-state index contributed by atoms with van der Waals surface area (Å²) in [7, 11) is 0. The van der Waals surface area contributed by atoms with Crippen LogP contribution in [0.3, 0.4) is 0 Å². The van der Waals surface area contributed by atoms with Crippen LogP contribution >= 0.6 is 11.6 Å². The fourth-order valence-electron chi connectivity index (χ4n) is 1.03. The average molecular weight is 184 g/mol. The topological polar surface area (TPSA) is 50.4 Å². The van der Waals surface area contributed by atoms with E-state index in [4.69, 9.17) is 16.7 Å². The Labute approximate surface area is 73.4 Å². The van der Waals surface area contributed by atoms with Crippen molar-refractivity contribution in [2.45, 2.75) is 6.61 Å². The van der Waals surface area contributed by atoms with Gasteiger partial charge in [-0.05, 0) is 17.7 Å². The number of fused-ring (bicyclic) bond motifs is 1. The molecule has 1 N–H and O–H groups in total. The zero-order valence-corrected chi connectivity index (χ0v) is 6.86. The summed E-state index contributed by atoms with van der Waals surface area (Å²) in [6.45, 7) is -0.0386. The summed E-state index contributed by atoms with van der Waals surface area (Å²) in [5.41, 5.74) is 1.38. The number of nitrogens with zero attached hydrogens (tertiary/aromatic N) is 3. The van der Waals surface area contributed by atoms with Gasteiger partial charge in [-0.25, -0.2) is 0 Å². The number of aliphatic hydroxyl groups excluding tert-OH is 1. The molecule has 0 spiro atoms. The third-order valence-corrected chi connectivity index (χ3v) is 1.90. The molecule has 2 heterocycles. The number of hydrogen-bond acceptors (Lipinski definition) is 3. The molecule has 62 valence electrons. The lowest BCUT2D eigenvalue weighted by molar-refractivity contribution is 0.282. The van der Waals surface area contributed by atoms with Crippen LogP contribution in [0.5, 0.6) is 0 Å². The van der Waals surface area contributed by atoms with Gasteiger partial charge in [0.2, 0.25) is 0 Å². The monoisotopic (exact) mass is 183 g/mol. The molecule has 2 aromatic rings. The molecule has 0 atom stereocenters. The molecule has 0 unspecified atom stereocenters. The maximum absolute atomic E-state index is 8.84. The van der Waals surface area contributed by atoms with Crippen molar-refractivity contribution >= 4 is 17.2 Å². The molecular formula is C7H6ClN3O. The summed E-state index contributed by atoms with van der Waals surface area (Å²) in [6.07, 6.45) is 1.53. The van der Waals surface area contributed by atoms with Gasteiger partial charge in [-0.3, -0.25) is 4.40 Å². The Morgan fingerprint density at radius 2 is 2.33 bits per heavy atom. The fourth-order valence-corrected chi connectivity index (χ4v) is 1.30. The van der Waals surface area contributed by atoms with E-state index in [9.17, 15) is 0 Å². The van der Waals surface area contributed by atoms with Gasteiger partial charge in [0.05, 0.1) is 6.61 Å². The van der Waals surface area contributed by atoms with Gasteiger partial charge in [-0.1, -0.05) is 11.6 Å². The van der Waals surface area contributed by atoms with Crippen LogP contribution in [-0.4, -0.2) is 19.7 Å². The van der Waals surface area contributed by atoms with Gasteiger partial charge in [-0.15, -0.1) is 10.2 Å². The minimum absolute atomic E-state index is 0.0386. The quantitative estimate of drug-likeness (QED) is 0.668. The summed E-state index contributed by atoms with van der Waals surface area (Å²) in [5.74, 6) is 0. The highest BCUT2D eigenvalue weighted by atomic mass is 35.5. The van der Waals surface area contributed by atoms with Crippen molar-refractivity contribution in [3.8, 4) is 0 Å². The first-order chi connectivity index (χ1) is 5.81. The number of pyridine rings is 1. The second-order valence-corrected chi connectivity index (χ2v) is 2.79. The SMILES string of the molecule is OCc1cc(Cl)n2cnnc2c1. The molecule has 0 aliphatic heterocycles. The molecular weight excluding hydrogens is 178 g/mol. The summed E-state index contributed by atoms with van der Waals surface area (Å²) in [5, 5.41) is 16.8. The lowest BCUT2D eigenvalue weighted by Crippen LogP contribution is -1.90. The largest absolute Gasteiger partial charge is 0.392 e. The fraction of sp³-hybridized carbons (Fsp3) is 0.143. The highest BCUT2D eigenvalue weighted by Crippen LogP contribution is 2.14. The van der Waals surface area contributed by atoms with E-state index < -0.39 is 0 Å². The standard InChI is InChI=1S/C7H6ClN3O/c8-6-1-5(3-12)2-7-10-9-4-11(6)7/h1-2,4,12H,3H2. The molecule has 2 aromatic heterocycles. The Hall–Kier alpha value is -1.13. The van der Waals surface area contributed by atoms with Gasteiger partial charge in [0, 0.05) is 0 Å². The highest BCUT2D eigenvalue weighted by molar-refractivity contribution is 6.29. The van der Waals surface area contributed by atoms with E-state index in [-0.39, 0.29) is 6.61 Å². The number of halogens is 1. The average Bonchev–Trinajstić information content (AvgIpc) is 2.52. The smallest absolute Gasteiger partial charge is 0.162 e. The maximum Gasteiger partial charge on any atom is 0.162 e. The first-order valence-electron chi connectivity index (χ1n) is 3.40. The molecule has 0 saturated carbocycles. The van der Waals surface area contributed by atoms with Crippen LogP contribution in [0.4, 0.5) is 0 Å². The predicted octanol–water partition coefficient (Wildman–Crippen LogP) is 0.875. The Morgan fingerprint density at radius 3 is 3.08 bits per heavy atom. The van der Waals surface area contributed by atoms with Crippen LogP contribution in [0.25, 0.3) is 5.65 Å². The molecule has 0 aliphatic carbocycles. The van der Waals surface area contributed by atoms with Crippen LogP contribution in [0.15, 0.2) is 18.5 Å². The van der Waals surface area contributed by atoms with Crippen LogP contribution in [0.1, 0.15) is 5.56 Å². The van der Waals surface area contributed by atoms with Gasteiger partial charge < -0.3 is 5.11 Å². The van der Waals surface area contributed by atoms with Crippen LogP contribution < -0.4 is 0 Å². The number of aromatic nitrogens is 3. The van der Waals surface area contributed by atoms with Crippen LogP contribution in [0.2, 0.25) is 5.15 Å². The summed E-state index contributed by atoms with van der Waals surface area (Å²) in [6, 6.07) is 3.41. The highest BCUT2D eigenvalue weighted by Gasteiger charge is 2.01. The van der Waals surface area contributed by atoms with E-state index in [2.05, 4.69) is 10.2 Å². The third-order valence-electron chi connectivity index (χ3n) is 1.61. The maximum atomic E-state index is 8.84. The van der Waals surface area contributed by atoms with Gasteiger partial charge in [-0.2, -0.15) is 0 Å². The summed E-state index contributed by atoms with van der Waals surface area (Å²) in [4.78, 5) is 0. The van der Waals surface area contributed by atoms with E-state index in [0.717, 1.165) is 5.56 Å². The van der Waals surface area contributed by atoms with Gasteiger partial charge in [0.1, 0.15) is 11.5 Å². The van der Waals surface area contributed by atoms with E-state index in [1.54, 1.807) is 16.5 Å². The third kappa shape index (κ3) is 1.05. The van der Waals surface area contributed by atoms with E-state index in [1.807, 2.05) is 0 Å². The Kier molecular flexibility index (Phi) is 1.71. The van der Waals surface area contributed by atoms with Gasteiger partial charge in [0.15, 0.2) is 5.65 Å². The van der Waals surface area contributed by atoms with Crippen molar-refractivity contribution in [3.05, 3.63) is 29.2 Å². The van der Waals surface area contributed by atoms with Crippen molar-refractivity contribution in [3.63, 3.8) is 0 Å². The molecule has 4 nitrogen and oxygen atoms in total. The normalized spacial score (nSPS) is 10.8. The van der Waals surface area contributed by atoms with Crippen molar-refractivity contribution < 1.29 is 5.11 Å². The van der Waals surface area contributed by atoms with E-state index >= 15 is 0 Å². The molecule has 0 amide bonds. The predicted molar refractivity (Wildman–Crippen MR) is 43.9 cm³/mol. The van der Waals surface area contributed by atoms with Crippen molar-refractivity contribution in [2.24, 2.45) is 0 Å². The Balaban J connectivity index is 2.75. The van der Waals surface area contributed by atoms with E-state index in [1.165, 1.54) is 6.33 Å². The van der Waals surface area contributed by atoms with Crippen molar-refractivity contribution in [1.29, 1.82) is 0 Å². The molecule has 5 heteroatoms. The van der Waals surface area contributed by atoms with Crippen molar-refractivity contribution in [2.75, 3.05) is 0 Å². The first kappa shape index (κ1) is 7.52. The zero-order chi connectivity index (χ0) is 8.55. The molecule has 0 saturated heterocycles. The van der Waals surface area contributed by atoms with Crippen molar-refractivity contribution in [1.82, 2.24) is 14.6 Å². The minimum Gasteiger partial charge on any atom is -0.392 e. The summed E-state index contributed by atoms with van der Waals surface area (Å²) >= 11 is 5.85. The molecule has 12 heavy (non-hydrogen) atoms. The first-order valence-corrected chi connectivity index (χ1v) is 3.78. The minimum atomic E-state index is -0.0386. The van der Waals surface area contributed by atoms with Gasteiger partial charge >= 0.3 is 0 Å². The lowest BCUT2D eigenvalue weighted by Gasteiger charge is -1.99. The molecule has 0 bridgehead atoms. The number of hydrogen-bond donors (Lipinski definition) is 1. The number of rotatable bonds is 1. The van der Waals surface area contributed by atoms with Crippen LogP contribution in [-0.2, 0) is 6.61 Å². The Morgan fingerprint density at radius 1 is 1.50 bits per heavy atom. The second kappa shape index (κ2) is 2.73. The molecule has 0 aliphatic rings. The molecule has 0 fully saturated rings.